The van der Waals surface area contributed by atoms with Crippen LogP contribution in [0.4, 0.5) is 5.69 Å². The number of benzene rings is 2. The fourth-order valence-corrected chi connectivity index (χ4v) is 2.47. The number of ether oxygens (including phenoxy) is 3. The van der Waals surface area contributed by atoms with Crippen molar-refractivity contribution in [1.29, 1.82) is 0 Å². The van der Waals surface area contributed by atoms with E-state index in [1.807, 2.05) is 0 Å². The van der Waals surface area contributed by atoms with E-state index in [9.17, 15) is 14.4 Å². The highest BCUT2D eigenvalue weighted by Gasteiger charge is 2.13. The van der Waals surface area contributed by atoms with Crippen LogP contribution >= 0.6 is 0 Å². The molecular formula is C22H26N4O6. The fraction of sp³-hybridized carbons (Fsp3) is 0.273. The van der Waals surface area contributed by atoms with E-state index in [1.165, 1.54) is 13.3 Å². The Kier molecular flexibility index (Phi) is 9.03. The molecule has 32 heavy (non-hydrogen) atoms. The number of hydrogen-bond acceptors (Lipinski definition) is 7. The molecule has 0 unspecified atom stereocenters. The van der Waals surface area contributed by atoms with Gasteiger partial charge in [-0.2, -0.15) is 5.10 Å². The third-order valence-corrected chi connectivity index (χ3v) is 3.91. The van der Waals surface area contributed by atoms with Gasteiger partial charge in [0.1, 0.15) is 5.75 Å². The molecule has 0 saturated heterocycles. The monoisotopic (exact) mass is 442 g/mol. The van der Waals surface area contributed by atoms with Gasteiger partial charge in [0.15, 0.2) is 18.1 Å². The summed E-state index contributed by atoms with van der Waals surface area (Å²) < 4.78 is 16.0. The number of nitrogens with one attached hydrogen (secondary N) is 3. The lowest BCUT2D eigenvalue weighted by Crippen LogP contribution is -2.41. The molecule has 10 heteroatoms. The van der Waals surface area contributed by atoms with E-state index in [1.54, 1.807) is 63.4 Å². The van der Waals surface area contributed by atoms with Crippen LogP contribution in [-0.4, -0.2) is 50.8 Å². The highest BCUT2D eigenvalue weighted by molar-refractivity contribution is 6.35. The van der Waals surface area contributed by atoms with Gasteiger partial charge in [0, 0.05) is 17.8 Å². The molecule has 170 valence electrons. The third kappa shape index (κ3) is 7.63. The number of nitrogens with zero attached hydrogens (tertiary/aromatic N) is 1. The number of anilines is 1. The van der Waals surface area contributed by atoms with E-state index >= 15 is 0 Å². The van der Waals surface area contributed by atoms with Crippen molar-refractivity contribution in [3.05, 3.63) is 48.0 Å². The van der Waals surface area contributed by atoms with Crippen molar-refractivity contribution in [3.63, 3.8) is 0 Å². The van der Waals surface area contributed by atoms with Crippen LogP contribution in [0.3, 0.4) is 0 Å². The van der Waals surface area contributed by atoms with Gasteiger partial charge in [-0.05, 0) is 49.7 Å². The fourth-order valence-electron chi connectivity index (χ4n) is 2.47. The Morgan fingerprint density at radius 1 is 1.00 bits per heavy atom. The van der Waals surface area contributed by atoms with Gasteiger partial charge in [-0.15, -0.1) is 0 Å². The summed E-state index contributed by atoms with van der Waals surface area (Å²) >= 11 is 0. The van der Waals surface area contributed by atoms with Gasteiger partial charge in [0.25, 0.3) is 5.91 Å². The van der Waals surface area contributed by atoms with Gasteiger partial charge in [-0.3, -0.25) is 14.4 Å². The Labute approximate surface area is 185 Å². The van der Waals surface area contributed by atoms with Crippen molar-refractivity contribution in [1.82, 2.24) is 10.7 Å². The predicted octanol–water partition coefficient (Wildman–Crippen LogP) is 1.70. The number of methoxy groups -OCH3 is 2. The summed E-state index contributed by atoms with van der Waals surface area (Å²) in [5.74, 6) is -0.653. The summed E-state index contributed by atoms with van der Waals surface area (Å²) in [4.78, 5) is 35.3. The molecular weight excluding hydrogens is 416 g/mol. The molecule has 0 fully saturated rings. The van der Waals surface area contributed by atoms with Gasteiger partial charge >= 0.3 is 11.8 Å². The van der Waals surface area contributed by atoms with Gasteiger partial charge in [-0.1, -0.05) is 6.07 Å². The number of hydrogen-bond donors (Lipinski definition) is 3. The molecule has 0 saturated carbocycles. The molecule has 0 aliphatic heterocycles. The SMILES string of the molecule is COc1cccc(NC(=O)COc2ccc(/C=N\NC(=O)C(=O)NC(C)C)cc2OC)c1. The molecule has 0 radical (unpaired) electrons. The summed E-state index contributed by atoms with van der Waals surface area (Å²) in [6.45, 7) is 3.25. The largest absolute Gasteiger partial charge is 0.497 e. The highest BCUT2D eigenvalue weighted by Crippen LogP contribution is 2.27. The molecule has 0 aromatic heterocycles. The smallest absolute Gasteiger partial charge is 0.329 e. The standard InChI is InChI=1S/C22H26N4O6/c1-14(2)24-21(28)22(29)26-23-12-15-8-9-18(19(10-15)31-4)32-13-20(27)25-16-6-5-7-17(11-16)30-3/h5-12,14H,13H2,1-4H3,(H,24,28)(H,25,27)(H,26,29)/b23-12-. The van der Waals surface area contributed by atoms with Crippen molar-refractivity contribution in [2.24, 2.45) is 5.10 Å². The average Bonchev–Trinajstić information content (AvgIpc) is 2.77. The maximum atomic E-state index is 12.2. The van der Waals surface area contributed by atoms with E-state index in [2.05, 4.69) is 21.2 Å². The normalized spacial score (nSPS) is 10.5. The lowest BCUT2D eigenvalue weighted by atomic mass is 10.2. The average molecular weight is 442 g/mol. The summed E-state index contributed by atoms with van der Waals surface area (Å²) in [5, 5.41) is 8.93. The molecule has 0 bridgehead atoms. The number of rotatable bonds is 9. The van der Waals surface area contributed by atoms with Crippen LogP contribution in [0, 0.1) is 0 Å². The second-order valence-corrected chi connectivity index (χ2v) is 6.81. The first-order chi connectivity index (χ1) is 15.3. The Morgan fingerprint density at radius 3 is 2.47 bits per heavy atom. The van der Waals surface area contributed by atoms with Crippen molar-refractivity contribution in [2.75, 3.05) is 26.1 Å². The molecule has 0 spiro atoms. The first-order valence-electron chi connectivity index (χ1n) is 9.71. The summed E-state index contributed by atoms with van der Waals surface area (Å²) in [6, 6.07) is 11.7. The molecule has 0 aliphatic carbocycles. The molecule has 10 nitrogen and oxygen atoms in total. The molecule has 2 aromatic carbocycles. The number of carbonyl (C=O) groups excluding carboxylic acids is 3. The molecule has 0 heterocycles. The van der Waals surface area contributed by atoms with Crippen LogP contribution < -0.4 is 30.3 Å². The Balaban J connectivity index is 1.92. The van der Waals surface area contributed by atoms with E-state index in [0.29, 0.717) is 28.5 Å². The predicted molar refractivity (Wildman–Crippen MR) is 119 cm³/mol. The molecule has 0 aliphatic rings. The van der Waals surface area contributed by atoms with Gasteiger partial charge in [0.05, 0.1) is 20.4 Å². The van der Waals surface area contributed by atoms with Gasteiger partial charge < -0.3 is 24.8 Å². The van der Waals surface area contributed by atoms with E-state index in [-0.39, 0.29) is 18.6 Å². The zero-order valence-corrected chi connectivity index (χ0v) is 18.3. The molecule has 3 N–H and O–H groups in total. The summed E-state index contributed by atoms with van der Waals surface area (Å²) in [7, 11) is 3.00. The van der Waals surface area contributed by atoms with Crippen LogP contribution in [0.1, 0.15) is 19.4 Å². The van der Waals surface area contributed by atoms with Crippen molar-refractivity contribution in [3.8, 4) is 17.2 Å². The Hall–Kier alpha value is -4.08. The minimum atomic E-state index is -0.871. The lowest BCUT2D eigenvalue weighted by Gasteiger charge is -2.12. The zero-order valence-electron chi connectivity index (χ0n) is 18.3. The summed E-state index contributed by atoms with van der Waals surface area (Å²) in [5.41, 5.74) is 3.31. The Bertz CT molecular complexity index is 990. The van der Waals surface area contributed by atoms with Crippen molar-refractivity contribution >= 4 is 29.6 Å². The van der Waals surface area contributed by atoms with Crippen LogP contribution in [0.25, 0.3) is 0 Å². The first-order valence-corrected chi connectivity index (χ1v) is 9.71. The van der Waals surface area contributed by atoms with E-state index in [0.717, 1.165) is 0 Å². The highest BCUT2D eigenvalue weighted by atomic mass is 16.5. The maximum absolute atomic E-state index is 12.2. The second kappa shape index (κ2) is 11.9. The third-order valence-electron chi connectivity index (χ3n) is 3.91. The van der Waals surface area contributed by atoms with E-state index in [4.69, 9.17) is 14.2 Å². The van der Waals surface area contributed by atoms with Crippen molar-refractivity contribution in [2.45, 2.75) is 19.9 Å². The first kappa shape index (κ1) is 24.2. The minimum Gasteiger partial charge on any atom is -0.497 e. The maximum Gasteiger partial charge on any atom is 0.329 e. The van der Waals surface area contributed by atoms with Crippen LogP contribution in [0.2, 0.25) is 0 Å². The molecule has 0 atom stereocenters. The van der Waals surface area contributed by atoms with Gasteiger partial charge in [-0.25, -0.2) is 5.43 Å². The topological polar surface area (TPSA) is 127 Å². The molecule has 2 aromatic rings. The quantitative estimate of drug-likeness (QED) is 0.308. The lowest BCUT2D eigenvalue weighted by molar-refractivity contribution is -0.139. The van der Waals surface area contributed by atoms with Gasteiger partial charge in [0.2, 0.25) is 0 Å². The number of amides is 3. The van der Waals surface area contributed by atoms with Crippen LogP contribution in [-0.2, 0) is 14.4 Å². The summed E-state index contributed by atoms with van der Waals surface area (Å²) in [6.07, 6.45) is 1.35. The van der Waals surface area contributed by atoms with Crippen molar-refractivity contribution < 1.29 is 28.6 Å². The second-order valence-electron chi connectivity index (χ2n) is 6.81. The van der Waals surface area contributed by atoms with Crippen LogP contribution in [0.15, 0.2) is 47.6 Å². The molecule has 3 amide bonds. The van der Waals surface area contributed by atoms with E-state index < -0.39 is 11.8 Å². The molecule has 2 rings (SSSR count). The number of carbonyl (C=O) groups is 3. The number of hydrazone groups is 1. The Morgan fingerprint density at radius 2 is 1.78 bits per heavy atom. The van der Waals surface area contributed by atoms with Crippen LogP contribution in [0.5, 0.6) is 17.2 Å². The minimum absolute atomic E-state index is 0.161. The zero-order chi connectivity index (χ0) is 23.5.